The standard InChI is InChI=1S/C19H19F3N6O/c1-11-17-13(12-2-3-12)4-7-23-18(17)27(25-11)10-16(29)26-9-6-14(19(20,21)22)28-15(26)5-8-24-28/h4-5,7-8,12,14H,2-3,6,9-10H2,1H3. The van der Waals surface area contributed by atoms with Gasteiger partial charge in [-0.25, -0.2) is 14.3 Å². The molecule has 5 rings (SSSR count). The van der Waals surface area contributed by atoms with Crippen molar-refractivity contribution >= 4 is 22.8 Å². The van der Waals surface area contributed by atoms with Crippen LogP contribution < -0.4 is 4.90 Å². The molecule has 10 heteroatoms. The maximum atomic E-state index is 13.3. The highest BCUT2D eigenvalue weighted by Crippen LogP contribution is 2.43. The number of halogens is 3. The first-order valence-corrected chi connectivity index (χ1v) is 9.57. The molecule has 0 aromatic carbocycles. The number of hydrogen-bond donors (Lipinski definition) is 0. The molecule has 2 aliphatic rings. The van der Waals surface area contributed by atoms with Gasteiger partial charge < -0.3 is 0 Å². The molecule has 1 saturated carbocycles. The lowest BCUT2D eigenvalue weighted by Gasteiger charge is -2.33. The van der Waals surface area contributed by atoms with Crippen molar-refractivity contribution in [2.45, 2.75) is 50.9 Å². The fraction of sp³-hybridized carbons (Fsp3) is 0.474. The van der Waals surface area contributed by atoms with Crippen molar-refractivity contribution < 1.29 is 18.0 Å². The average Bonchev–Trinajstić information content (AvgIpc) is 3.32. The van der Waals surface area contributed by atoms with E-state index in [0.29, 0.717) is 11.6 Å². The number of amides is 1. The smallest absolute Gasteiger partial charge is 0.295 e. The topological polar surface area (TPSA) is 68.8 Å². The van der Waals surface area contributed by atoms with Gasteiger partial charge in [0.25, 0.3) is 0 Å². The van der Waals surface area contributed by atoms with Crippen LogP contribution in [-0.2, 0) is 11.3 Å². The molecule has 3 aromatic rings. The van der Waals surface area contributed by atoms with Crippen molar-refractivity contribution in [3.63, 3.8) is 0 Å². The van der Waals surface area contributed by atoms with E-state index in [0.717, 1.165) is 28.6 Å². The van der Waals surface area contributed by atoms with E-state index in [4.69, 9.17) is 0 Å². The summed E-state index contributed by atoms with van der Waals surface area (Å²) in [4.78, 5) is 18.7. The lowest BCUT2D eigenvalue weighted by Crippen LogP contribution is -2.44. The van der Waals surface area contributed by atoms with Crippen LogP contribution >= 0.6 is 0 Å². The van der Waals surface area contributed by atoms with Gasteiger partial charge in [-0.1, -0.05) is 0 Å². The molecule has 0 spiro atoms. The minimum Gasteiger partial charge on any atom is -0.295 e. The summed E-state index contributed by atoms with van der Waals surface area (Å²) < 4.78 is 42.3. The van der Waals surface area contributed by atoms with Crippen LogP contribution in [0.5, 0.6) is 0 Å². The number of carbonyl (C=O) groups is 1. The molecule has 7 nitrogen and oxygen atoms in total. The zero-order valence-electron chi connectivity index (χ0n) is 15.7. The minimum atomic E-state index is -4.41. The third kappa shape index (κ3) is 2.97. The molecule has 1 amide bonds. The van der Waals surface area contributed by atoms with Crippen molar-refractivity contribution in [1.82, 2.24) is 24.5 Å². The second kappa shape index (κ2) is 6.30. The van der Waals surface area contributed by atoms with Crippen LogP contribution in [0.4, 0.5) is 19.0 Å². The van der Waals surface area contributed by atoms with E-state index in [9.17, 15) is 18.0 Å². The molecule has 0 saturated heterocycles. The number of nitrogens with zero attached hydrogens (tertiary/aromatic N) is 6. The average molecular weight is 404 g/mol. The van der Waals surface area contributed by atoms with Crippen LogP contribution in [0.3, 0.4) is 0 Å². The second-order valence-corrected chi connectivity index (χ2v) is 7.64. The number of anilines is 1. The Hall–Kier alpha value is -2.91. The van der Waals surface area contributed by atoms with E-state index < -0.39 is 12.2 Å². The summed E-state index contributed by atoms with van der Waals surface area (Å²) in [6.07, 6.45) is 0.654. The van der Waals surface area contributed by atoms with Gasteiger partial charge >= 0.3 is 6.18 Å². The van der Waals surface area contributed by atoms with Gasteiger partial charge in [-0.15, -0.1) is 0 Å². The number of hydrogen-bond acceptors (Lipinski definition) is 4. The van der Waals surface area contributed by atoms with E-state index in [-0.39, 0.29) is 31.2 Å². The number of aryl methyl sites for hydroxylation is 1. The van der Waals surface area contributed by atoms with Crippen molar-refractivity contribution in [3.05, 3.63) is 35.8 Å². The number of aromatic nitrogens is 5. The number of alkyl halides is 3. The van der Waals surface area contributed by atoms with E-state index >= 15 is 0 Å². The molecule has 29 heavy (non-hydrogen) atoms. The Morgan fingerprint density at radius 1 is 1.21 bits per heavy atom. The number of pyridine rings is 1. The fourth-order valence-corrected chi connectivity index (χ4v) is 4.17. The molecular formula is C19H19F3N6O. The summed E-state index contributed by atoms with van der Waals surface area (Å²) in [7, 11) is 0. The van der Waals surface area contributed by atoms with E-state index in [1.54, 1.807) is 10.9 Å². The molecule has 1 fully saturated rings. The van der Waals surface area contributed by atoms with Gasteiger partial charge in [0.15, 0.2) is 11.7 Å². The Balaban J connectivity index is 1.45. The summed E-state index contributed by atoms with van der Waals surface area (Å²) in [5, 5.41) is 9.28. The van der Waals surface area contributed by atoms with Crippen molar-refractivity contribution in [1.29, 1.82) is 0 Å². The predicted molar refractivity (Wildman–Crippen MR) is 98.5 cm³/mol. The van der Waals surface area contributed by atoms with E-state index in [2.05, 4.69) is 15.2 Å². The summed E-state index contributed by atoms with van der Waals surface area (Å²) >= 11 is 0. The van der Waals surface area contributed by atoms with Crippen LogP contribution in [0, 0.1) is 6.92 Å². The highest BCUT2D eigenvalue weighted by Gasteiger charge is 2.45. The first-order valence-electron chi connectivity index (χ1n) is 9.57. The number of fused-ring (bicyclic) bond motifs is 2. The molecule has 1 aliphatic carbocycles. The molecule has 3 aromatic heterocycles. The number of carbonyl (C=O) groups excluding carboxylic acids is 1. The van der Waals surface area contributed by atoms with Gasteiger partial charge in [-0.2, -0.15) is 23.4 Å². The molecule has 0 N–H and O–H groups in total. The predicted octanol–water partition coefficient (Wildman–Crippen LogP) is 3.35. The Labute approximate surface area is 164 Å². The molecular weight excluding hydrogens is 385 g/mol. The Bertz CT molecular complexity index is 1100. The third-order valence-corrected chi connectivity index (χ3v) is 5.67. The normalized spacial score (nSPS) is 19.6. The van der Waals surface area contributed by atoms with Gasteiger partial charge in [-0.3, -0.25) is 9.69 Å². The molecule has 0 radical (unpaired) electrons. The lowest BCUT2D eigenvalue weighted by molar-refractivity contribution is -0.172. The van der Waals surface area contributed by atoms with E-state index in [1.807, 2.05) is 13.0 Å². The molecule has 4 heterocycles. The minimum absolute atomic E-state index is 0.0202. The summed E-state index contributed by atoms with van der Waals surface area (Å²) in [6, 6.07) is 1.72. The van der Waals surface area contributed by atoms with Crippen molar-refractivity contribution in [3.8, 4) is 0 Å². The van der Waals surface area contributed by atoms with Gasteiger partial charge in [0, 0.05) is 24.2 Å². The maximum absolute atomic E-state index is 13.3. The summed E-state index contributed by atoms with van der Waals surface area (Å²) in [6.45, 7) is 1.78. The first kappa shape index (κ1) is 18.1. The summed E-state index contributed by atoms with van der Waals surface area (Å²) in [5.74, 6) is 0.335. The van der Waals surface area contributed by atoms with Crippen LogP contribution in [0.2, 0.25) is 0 Å². The first-order chi connectivity index (χ1) is 13.8. The van der Waals surface area contributed by atoms with Crippen LogP contribution in [0.15, 0.2) is 24.5 Å². The molecule has 152 valence electrons. The third-order valence-electron chi connectivity index (χ3n) is 5.67. The zero-order chi connectivity index (χ0) is 20.3. The molecule has 1 unspecified atom stereocenters. The van der Waals surface area contributed by atoms with Gasteiger partial charge in [-0.05, 0) is 43.7 Å². The van der Waals surface area contributed by atoms with E-state index in [1.165, 1.54) is 22.7 Å². The summed E-state index contributed by atoms with van der Waals surface area (Å²) in [5.41, 5.74) is 2.65. The Kier molecular flexibility index (Phi) is 3.94. The monoisotopic (exact) mass is 404 g/mol. The fourth-order valence-electron chi connectivity index (χ4n) is 4.17. The van der Waals surface area contributed by atoms with Gasteiger partial charge in [0.05, 0.1) is 11.9 Å². The second-order valence-electron chi connectivity index (χ2n) is 7.64. The molecule has 0 bridgehead atoms. The largest absolute Gasteiger partial charge is 0.410 e. The molecule has 1 aliphatic heterocycles. The lowest BCUT2D eigenvalue weighted by atomic mass is 10.1. The van der Waals surface area contributed by atoms with Crippen LogP contribution in [-0.4, -0.2) is 43.2 Å². The van der Waals surface area contributed by atoms with Gasteiger partial charge in [0.1, 0.15) is 12.4 Å². The highest BCUT2D eigenvalue weighted by atomic mass is 19.4. The highest BCUT2D eigenvalue weighted by molar-refractivity contribution is 5.93. The quantitative estimate of drug-likeness (QED) is 0.671. The Morgan fingerprint density at radius 2 is 2.00 bits per heavy atom. The van der Waals surface area contributed by atoms with Gasteiger partial charge in [0.2, 0.25) is 5.91 Å². The van der Waals surface area contributed by atoms with Crippen LogP contribution in [0.1, 0.15) is 42.5 Å². The molecule has 1 atom stereocenters. The SMILES string of the molecule is Cc1nn(CC(=O)N2CCC(C(F)(F)F)n3nccc32)c2nccc(C3CC3)c12. The van der Waals surface area contributed by atoms with Crippen molar-refractivity contribution in [2.24, 2.45) is 0 Å². The Morgan fingerprint density at radius 3 is 2.72 bits per heavy atom. The number of rotatable bonds is 3. The maximum Gasteiger partial charge on any atom is 0.410 e. The van der Waals surface area contributed by atoms with Crippen molar-refractivity contribution in [2.75, 3.05) is 11.4 Å². The van der Waals surface area contributed by atoms with Crippen LogP contribution in [0.25, 0.3) is 11.0 Å². The zero-order valence-corrected chi connectivity index (χ0v) is 15.7.